The van der Waals surface area contributed by atoms with Crippen molar-refractivity contribution < 1.29 is 5.11 Å². The Morgan fingerprint density at radius 1 is 1.19 bits per heavy atom. The average Bonchev–Trinajstić information content (AvgIpc) is 3.28. The third-order valence-electron chi connectivity index (χ3n) is 10.8. The van der Waals surface area contributed by atoms with E-state index in [0.717, 1.165) is 60.8 Å². The van der Waals surface area contributed by atoms with Gasteiger partial charge in [0.2, 0.25) is 0 Å². The highest BCUT2D eigenvalue weighted by atomic mass is 16.3. The van der Waals surface area contributed by atoms with E-state index in [1.54, 1.807) is 0 Å². The number of aliphatic imine (C=N–C) groups is 1. The van der Waals surface area contributed by atoms with Gasteiger partial charge in [0.25, 0.3) is 0 Å². The standard InChI is InChI=1S/C28H45N3O/c1-18-12-25(19(2)16-31-17-20(14-29-5)15-30-31)28(4)11-9-23-22-8-10-27(3,32)13-21(22)6-7-24(23)26(18)28/h15,17-19,21-26,32H,5-14,16H2,1-4H3/t18-,19+,21-,22+,23-,24-,25-,26+,27-,28-/m1/s1. The molecule has 1 aromatic rings. The Morgan fingerprint density at radius 3 is 2.75 bits per heavy atom. The van der Waals surface area contributed by atoms with Gasteiger partial charge in [-0.05, 0) is 118 Å². The second-order valence-corrected chi connectivity index (χ2v) is 12.9. The minimum absolute atomic E-state index is 0.410. The van der Waals surface area contributed by atoms with Crippen LogP contribution in [0.4, 0.5) is 0 Å². The molecule has 1 aromatic heterocycles. The fourth-order valence-corrected chi connectivity index (χ4v) is 9.70. The molecule has 4 saturated carbocycles. The van der Waals surface area contributed by atoms with Crippen molar-refractivity contribution in [3.05, 3.63) is 18.0 Å². The van der Waals surface area contributed by atoms with E-state index in [4.69, 9.17) is 0 Å². The number of hydrogen-bond acceptors (Lipinski definition) is 3. The highest BCUT2D eigenvalue weighted by Gasteiger charge is 2.60. The van der Waals surface area contributed by atoms with E-state index in [1.807, 2.05) is 6.20 Å². The molecule has 5 rings (SSSR count). The summed E-state index contributed by atoms with van der Waals surface area (Å²) in [5.41, 5.74) is 1.23. The van der Waals surface area contributed by atoms with E-state index in [9.17, 15) is 5.11 Å². The molecule has 0 amide bonds. The van der Waals surface area contributed by atoms with Gasteiger partial charge in [-0.2, -0.15) is 5.10 Å². The van der Waals surface area contributed by atoms with Crippen LogP contribution in [-0.4, -0.2) is 27.2 Å². The molecule has 0 aromatic carbocycles. The zero-order valence-corrected chi connectivity index (χ0v) is 20.8. The molecule has 10 atom stereocenters. The predicted octanol–water partition coefficient (Wildman–Crippen LogP) is 5.99. The summed E-state index contributed by atoms with van der Waals surface area (Å²) in [5.74, 6) is 6.64. The summed E-state index contributed by atoms with van der Waals surface area (Å²) in [6, 6.07) is 0. The monoisotopic (exact) mass is 439 g/mol. The molecule has 4 fully saturated rings. The maximum atomic E-state index is 10.7. The summed E-state index contributed by atoms with van der Waals surface area (Å²) in [6.45, 7) is 15.1. The largest absolute Gasteiger partial charge is 0.390 e. The molecule has 32 heavy (non-hydrogen) atoms. The smallest absolute Gasteiger partial charge is 0.0663 e. The molecule has 0 saturated heterocycles. The van der Waals surface area contributed by atoms with Crippen LogP contribution >= 0.6 is 0 Å². The number of rotatable bonds is 5. The summed E-state index contributed by atoms with van der Waals surface area (Å²) in [7, 11) is 0. The van der Waals surface area contributed by atoms with Crippen molar-refractivity contribution in [3.8, 4) is 0 Å². The van der Waals surface area contributed by atoms with Gasteiger partial charge in [-0.25, -0.2) is 0 Å². The van der Waals surface area contributed by atoms with Gasteiger partial charge < -0.3 is 5.11 Å². The van der Waals surface area contributed by atoms with Crippen molar-refractivity contribution in [1.82, 2.24) is 9.78 Å². The maximum Gasteiger partial charge on any atom is 0.0663 e. The number of hydrogen-bond donors (Lipinski definition) is 1. The van der Waals surface area contributed by atoms with Crippen LogP contribution in [0.5, 0.6) is 0 Å². The lowest BCUT2D eigenvalue weighted by atomic mass is 9.48. The molecular formula is C28H45N3O. The Kier molecular flexibility index (Phi) is 5.83. The number of fused-ring (bicyclic) bond motifs is 5. The molecule has 0 spiro atoms. The van der Waals surface area contributed by atoms with Gasteiger partial charge in [0.1, 0.15) is 0 Å². The predicted molar refractivity (Wildman–Crippen MR) is 130 cm³/mol. The topological polar surface area (TPSA) is 50.4 Å². The van der Waals surface area contributed by atoms with Crippen LogP contribution in [0, 0.1) is 52.8 Å². The van der Waals surface area contributed by atoms with Crippen molar-refractivity contribution in [2.45, 2.75) is 97.8 Å². The molecule has 1 N–H and O–H groups in total. The van der Waals surface area contributed by atoms with E-state index < -0.39 is 5.60 Å². The first-order valence-corrected chi connectivity index (χ1v) is 13.4. The van der Waals surface area contributed by atoms with Crippen LogP contribution in [0.1, 0.15) is 84.6 Å². The first kappa shape index (κ1) is 22.6. The maximum absolute atomic E-state index is 10.7. The first-order valence-electron chi connectivity index (χ1n) is 13.4. The van der Waals surface area contributed by atoms with E-state index in [2.05, 4.69) is 55.4 Å². The zero-order chi connectivity index (χ0) is 22.7. The summed E-state index contributed by atoms with van der Waals surface area (Å²) < 4.78 is 2.15. The Hall–Kier alpha value is -1.16. The second kappa shape index (κ2) is 8.25. The van der Waals surface area contributed by atoms with E-state index in [1.165, 1.54) is 44.1 Å². The van der Waals surface area contributed by atoms with Crippen molar-refractivity contribution in [2.75, 3.05) is 0 Å². The van der Waals surface area contributed by atoms with Gasteiger partial charge in [-0.3, -0.25) is 9.67 Å². The Labute approximate surface area is 195 Å². The minimum Gasteiger partial charge on any atom is -0.390 e. The molecule has 0 bridgehead atoms. The lowest BCUT2D eigenvalue weighted by Crippen LogP contribution is -2.51. The van der Waals surface area contributed by atoms with Gasteiger partial charge in [0.05, 0.1) is 18.3 Å². The van der Waals surface area contributed by atoms with E-state index in [0.29, 0.717) is 17.9 Å². The molecule has 0 unspecified atom stereocenters. The summed E-state index contributed by atoms with van der Waals surface area (Å²) >= 11 is 0. The summed E-state index contributed by atoms with van der Waals surface area (Å²) in [4.78, 5) is 4.01. The van der Waals surface area contributed by atoms with E-state index in [-0.39, 0.29) is 0 Å². The van der Waals surface area contributed by atoms with Crippen LogP contribution in [0.2, 0.25) is 0 Å². The Bertz CT molecular complexity index is 830. The minimum atomic E-state index is -0.410. The molecule has 4 aliphatic carbocycles. The fraction of sp³-hybridized carbons (Fsp3) is 0.857. The van der Waals surface area contributed by atoms with Gasteiger partial charge in [-0.1, -0.05) is 20.8 Å². The van der Waals surface area contributed by atoms with Gasteiger partial charge in [0.15, 0.2) is 0 Å². The lowest BCUT2D eigenvalue weighted by molar-refractivity contribution is -0.108. The Morgan fingerprint density at radius 2 is 1.97 bits per heavy atom. The molecular weight excluding hydrogens is 394 g/mol. The highest BCUT2D eigenvalue weighted by molar-refractivity contribution is 5.24. The summed E-state index contributed by atoms with van der Waals surface area (Å²) in [6.07, 6.45) is 14.4. The van der Waals surface area contributed by atoms with Gasteiger partial charge in [0, 0.05) is 18.3 Å². The zero-order valence-electron chi connectivity index (χ0n) is 20.8. The molecule has 4 heteroatoms. The number of nitrogens with zero attached hydrogens (tertiary/aromatic N) is 3. The van der Waals surface area contributed by atoms with Crippen LogP contribution < -0.4 is 0 Å². The fourth-order valence-electron chi connectivity index (χ4n) is 9.70. The van der Waals surface area contributed by atoms with Crippen molar-refractivity contribution in [2.24, 2.45) is 57.8 Å². The van der Waals surface area contributed by atoms with Crippen molar-refractivity contribution in [3.63, 3.8) is 0 Å². The van der Waals surface area contributed by atoms with Crippen molar-refractivity contribution in [1.29, 1.82) is 0 Å². The summed E-state index contributed by atoms with van der Waals surface area (Å²) in [5, 5.41) is 15.3. The molecule has 4 nitrogen and oxygen atoms in total. The van der Waals surface area contributed by atoms with Crippen LogP contribution in [0.25, 0.3) is 0 Å². The van der Waals surface area contributed by atoms with E-state index >= 15 is 0 Å². The average molecular weight is 440 g/mol. The van der Waals surface area contributed by atoms with Gasteiger partial charge >= 0.3 is 0 Å². The second-order valence-electron chi connectivity index (χ2n) is 12.9. The Balaban J connectivity index is 1.31. The highest BCUT2D eigenvalue weighted by Crippen LogP contribution is 2.67. The molecule has 1 heterocycles. The number of aromatic nitrogens is 2. The van der Waals surface area contributed by atoms with Crippen LogP contribution in [-0.2, 0) is 13.1 Å². The van der Waals surface area contributed by atoms with Crippen molar-refractivity contribution >= 4 is 6.72 Å². The van der Waals surface area contributed by atoms with Crippen LogP contribution in [0.15, 0.2) is 17.4 Å². The third kappa shape index (κ3) is 3.79. The SMILES string of the molecule is C=NCc1cnn(C[C@H](C)[C@H]2C[C@@H](C)[C@H]3[C@@H]4CC[C@@H]5C[C@](C)(O)CC[C@@H]5[C@H]4CC[C@@]32C)c1. The van der Waals surface area contributed by atoms with Crippen LogP contribution in [0.3, 0.4) is 0 Å². The first-order chi connectivity index (χ1) is 15.2. The molecule has 0 radical (unpaired) electrons. The quantitative estimate of drug-likeness (QED) is 0.573. The number of aliphatic hydroxyl groups is 1. The molecule has 0 aliphatic heterocycles. The molecule has 4 aliphatic rings. The lowest BCUT2D eigenvalue weighted by Gasteiger charge is -2.58. The normalized spacial score (nSPS) is 46.7. The molecule has 178 valence electrons. The third-order valence-corrected chi connectivity index (χ3v) is 10.8. The van der Waals surface area contributed by atoms with Gasteiger partial charge in [-0.15, -0.1) is 0 Å².